The van der Waals surface area contributed by atoms with Gasteiger partial charge in [0.25, 0.3) is 0 Å². The van der Waals surface area contributed by atoms with Gasteiger partial charge in [-0.2, -0.15) is 0 Å². The van der Waals surface area contributed by atoms with Gasteiger partial charge in [-0.05, 0) is 30.0 Å². The molecule has 0 bridgehead atoms. The summed E-state index contributed by atoms with van der Waals surface area (Å²) in [6.45, 7) is 2.14. The lowest BCUT2D eigenvalue weighted by molar-refractivity contribution is 0.654. The van der Waals surface area contributed by atoms with E-state index in [1.54, 1.807) is 0 Å². The molecule has 2 aromatic rings. The zero-order valence-electron chi connectivity index (χ0n) is 10.8. The van der Waals surface area contributed by atoms with E-state index in [1.807, 2.05) is 12.3 Å². The van der Waals surface area contributed by atoms with Crippen molar-refractivity contribution in [3.8, 4) is 0 Å². The molecule has 0 amide bonds. The lowest BCUT2D eigenvalue weighted by Crippen LogP contribution is -2.25. The van der Waals surface area contributed by atoms with Crippen LogP contribution in [0.4, 0.5) is 0 Å². The van der Waals surface area contributed by atoms with E-state index in [0.29, 0.717) is 0 Å². The molecule has 0 saturated carbocycles. The first-order valence-corrected chi connectivity index (χ1v) is 6.51. The van der Waals surface area contributed by atoms with Crippen LogP contribution >= 0.6 is 0 Å². The van der Waals surface area contributed by atoms with Crippen LogP contribution in [0.2, 0.25) is 0 Å². The summed E-state index contributed by atoms with van der Waals surface area (Å²) >= 11 is 0. The monoisotopic (exact) mass is 240 g/mol. The molecular formula is C16H20N2. The first kappa shape index (κ1) is 12.8. The smallest absolute Gasteiger partial charge is 0.0419 e. The summed E-state index contributed by atoms with van der Waals surface area (Å²) in [5.41, 5.74) is 9.81. The number of rotatable bonds is 5. The maximum absolute atomic E-state index is 6.17. The average molecular weight is 240 g/mol. The number of pyridine rings is 1. The van der Waals surface area contributed by atoms with Gasteiger partial charge in [0.05, 0.1) is 0 Å². The largest absolute Gasteiger partial charge is 0.327 e. The highest BCUT2D eigenvalue weighted by atomic mass is 14.7. The maximum Gasteiger partial charge on any atom is 0.0419 e. The second-order valence-electron chi connectivity index (χ2n) is 4.67. The van der Waals surface area contributed by atoms with E-state index in [1.165, 1.54) is 11.1 Å². The van der Waals surface area contributed by atoms with Gasteiger partial charge in [0.15, 0.2) is 0 Å². The van der Waals surface area contributed by atoms with Crippen molar-refractivity contribution in [1.29, 1.82) is 0 Å². The zero-order valence-corrected chi connectivity index (χ0v) is 10.8. The van der Waals surface area contributed by atoms with Gasteiger partial charge >= 0.3 is 0 Å². The van der Waals surface area contributed by atoms with Gasteiger partial charge in [-0.15, -0.1) is 0 Å². The quantitative estimate of drug-likeness (QED) is 0.872. The van der Waals surface area contributed by atoms with E-state index in [0.717, 1.165) is 25.0 Å². The molecule has 94 valence electrons. The van der Waals surface area contributed by atoms with E-state index in [-0.39, 0.29) is 6.04 Å². The summed E-state index contributed by atoms with van der Waals surface area (Å²) < 4.78 is 0. The Kier molecular flexibility index (Phi) is 4.48. The lowest BCUT2D eigenvalue weighted by atomic mass is 10.0. The molecule has 0 saturated heterocycles. The number of benzene rings is 1. The van der Waals surface area contributed by atoms with Crippen LogP contribution in [0.1, 0.15) is 23.7 Å². The van der Waals surface area contributed by atoms with Crippen LogP contribution in [0.25, 0.3) is 0 Å². The molecule has 2 rings (SSSR count). The summed E-state index contributed by atoms with van der Waals surface area (Å²) in [5.74, 6) is 0. The normalized spacial score (nSPS) is 12.3. The van der Waals surface area contributed by atoms with Crippen molar-refractivity contribution in [1.82, 2.24) is 4.98 Å². The Morgan fingerprint density at radius 1 is 1.00 bits per heavy atom. The van der Waals surface area contributed by atoms with Crippen molar-refractivity contribution in [2.24, 2.45) is 5.73 Å². The molecule has 18 heavy (non-hydrogen) atoms. The first-order chi connectivity index (χ1) is 8.78. The third kappa shape index (κ3) is 3.67. The van der Waals surface area contributed by atoms with Crippen LogP contribution in [-0.4, -0.2) is 11.0 Å². The van der Waals surface area contributed by atoms with Crippen LogP contribution in [0, 0.1) is 0 Å². The summed E-state index contributed by atoms with van der Waals surface area (Å²) in [4.78, 5) is 4.45. The Bertz CT molecular complexity index is 462. The Labute approximate surface area is 109 Å². The third-order valence-electron chi connectivity index (χ3n) is 3.11. The van der Waals surface area contributed by atoms with E-state index in [4.69, 9.17) is 5.73 Å². The number of nitrogens with zero attached hydrogens (tertiary/aromatic N) is 1. The minimum absolute atomic E-state index is 0.132. The predicted molar refractivity (Wildman–Crippen MR) is 75.4 cm³/mol. The Balaban J connectivity index is 1.92. The molecule has 1 heterocycles. The molecule has 1 atom stereocenters. The topological polar surface area (TPSA) is 38.9 Å². The summed E-state index contributed by atoms with van der Waals surface area (Å²) in [7, 11) is 0. The SMILES string of the molecule is CCc1ccc(CC(N)Cc2ccccc2)nc1. The van der Waals surface area contributed by atoms with Gasteiger partial charge in [-0.25, -0.2) is 0 Å². The molecule has 1 unspecified atom stereocenters. The molecule has 1 aromatic carbocycles. The van der Waals surface area contributed by atoms with E-state index in [2.05, 4.69) is 48.3 Å². The highest BCUT2D eigenvalue weighted by molar-refractivity contribution is 5.18. The van der Waals surface area contributed by atoms with Crippen LogP contribution < -0.4 is 5.73 Å². The minimum Gasteiger partial charge on any atom is -0.327 e. The van der Waals surface area contributed by atoms with Crippen LogP contribution in [0.15, 0.2) is 48.7 Å². The summed E-state index contributed by atoms with van der Waals surface area (Å²) in [6.07, 6.45) is 4.71. The fourth-order valence-electron chi connectivity index (χ4n) is 2.04. The Morgan fingerprint density at radius 3 is 2.39 bits per heavy atom. The van der Waals surface area contributed by atoms with Gasteiger partial charge in [-0.3, -0.25) is 4.98 Å². The molecule has 2 heteroatoms. The van der Waals surface area contributed by atoms with Gasteiger partial charge in [0.2, 0.25) is 0 Å². The summed E-state index contributed by atoms with van der Waals surface area (Å²) in [6, 6.07) is 14.7. The lowest BCUT2D eigenvalue weighted by Gasteiger charge is -2.11. The van der Waals surface area contributed by atoms with Crippen LogP contribution in [0.5, 0.6) is 0 Å². The van der Waals surface area contributed by atoms with E-state index >= 15 is 0 Å². The van der Waals surface area contributed by atoms with Crippen molar-refractivity contribution in [2.45, 2.75) is 32.2 Å². The second-order valence-corrected chi connectivity index (χ2v) is 4.67. The molecule has 2 N–H and O–H groups in total. The molecular weight excluding hydrogens is 220 g/mol. The average Bonchev–Trinajstić information content (AvgIpc) is 2.40. The van der Waals surface area contributed by atoms with Crippen molar-refractivity contribution < 1.29 is 0 Å². The van der Waals surface area contributed by atoms with Crippen molar-refractivity contribution in [3.05, 3.63) is 65.5 Å². The molecule has 0 aliphatic heterocycles. The van der Waals surface area contributed by atoms with E-state index < -0.39 is 0 Å². The highest BCUT2D eigenvalue weighted by Crippen LogP contribution is 2.07. The van der Waals surface area contributed by atoms with Gasteiger partial charge in [0, 0.05) is 24.4 Å². The Hall–Kier alpha value is -1.67. The van der Waals surface area contributed by atoms with Crippen LogP contribution in [0.3, 0.4) is 0 Å². The molecule has 1 aromatic heterocycles. The number of aryl methyl sites for hydroxylation is 1. The molecule has 2 nitrogen and oxygen atoms in total. The van der Waals surface area contributed by atoms with Gasteiger partial charge < -0.3 is 5.73 Å². The van der Waals surface area contributed by atoms with Crippen molar-refractivity contribution in [3.63, 3.8) is 0 Å². The van der Waals surface area contributed by atoms with E-state index in [9.17, 15) is 0 Å². The number of hydrogen-bond acceptors (Lipinski definition) is 2. The third-order valence-corrected chi connectivity index (χ3v) is 3.11. The molecule has 0 aliphatic carbocycles. The standard InChI is InChI=1S/C16H20N2/c1-2-13-8-9-16(18-12-13)11-15(17)10-14-6-4-3-5-7-14/h3-9,12,15H,2,10-11,17H2,1H3. The summed E-state index contributed by atoms with van der Waals surface area (Å²) in [5, 5.41) is 0. The number of aromatic nitrogens is 1. The molecule has 0 aliphatic rings. The minimum atomic E-state index is 0.132. The fourth-order valence-corrected chi connectivity index (χ4v) is 2.04. The zero-order chi connectivity index (χ0) is 12.8. The number of hydrogen-bond donors (Lipinski definition) is 1. The molecule has 0 spiro atoms. The molecule has 0 fully saturated rings. The maximum atomic E-state index is 6.17. The molecule has 0 radical (unpaired) electrons. The fraction of sp³-hybridized carbons (Fsp3) is 0.312. The first-order valence-electron chi connectivity index (χ1n) is 6.51. The Morgan fingerprint density at radius 2 is 1.78 bits per heavy atom. The van der Waals surface area contributed by atoms with Crippen LogP contribution in [-0.2, 0) is 19.3 Å². The number of nitrogens with two attached hydrogens (primary N) is 1. The predicted octanol–water partition coefficient (Wildman–Crippen LogP) is 2.76. The highest BCUT2D eigenvalue weighted by Gasteiger charge is 2.06. The van der Waals surface area contributed by atoms with Crippen molar-refractivity contribution in [2.75, 3.05) is 0 Å². The van der Waals surface area contributed by atoms with Gasteiger partial charge in [-0.1, -0.05) is 43.3 Å². The van der Waals surface area contributed by atoms with Crippen molar-refractivity contribution >= 4 is 0 Å². The second kappa shape index (κ2) is 6.31. The van der Waals surface area contributed by atoms with Gasteiger partial charge in [0.1, 0.15) is 0 Å².